The predicted octanol–water partition coefficient (Wildman–Crippen LogP) is 3.08. The zero-order chi connectivity index (χ0) is 17.0. The molecule has 1 atom stereocenters. The van der Waals surface area contributed by atoms with Crippen LogP contribution in [0.1, 0.15) is 22.4 Å². The summed E-state index contributed by atoms with van der Waals surface area (Å²) in [6, 6.07) is 1.99. The van der Waals surface area contributed by atoms with Gasteiger partial charge < -0.3 is 10.4 Å². The standard InChI is InChI=1S/C17H13N5O2S/c23-17(24)8-1-2-11-12(4-8)25-16-13(11)15(20-7-21-16)22-10-3-9-5-18-14(9)19-6-10/h3,5-8H,1-2,4H2,(H,23,24)(H,20,21,22). The van der Waals surface area contributed by atoms with Crippen LogP contribution in [0.5, 0.6) is 0 Å². The van der Waals surface area contributed by atoms with Gasteiger partial charge in [0.1, 0.15) is 17.0 Å². The van der Waals surface area contributed by atoms with Gasteiger partial charge in [0, 0.05) is 16.7 Å². The number of thiophene rings is 1. The number of aryl methyl sites for hydroxylation is 1. The van der Waals surface area contributed by atoms with Gasteiger partial charge in [-0.2, -0.15) is 0 Å². The number of aliphatic carboxylic acids is 1. The molecule has 3 aromatic rings. The highest BCUT2D eigenvalue weighted by molar-refractivity contribution is 7.19. The molecule has 7 nitrogen and oxygen atoms in total. The zero-order valence-corrected chi connectivity index (χ0v) is 13.9. The lowest BCUT2D eigenvalue weighted by Gasteiger charge is -2.18. The van der Waals surface area contributed by atoms with Crippen molar-refractivity contribution in [1.29, 1.82) is 0 Å². The summed E-state index contributed by atoms with van der Waals surface area (Å²) in [6.45, 7) is 0. The van der Waals surface area contributed by atoms with Gasteiger partial charge in [0.25, 0.3) is 0 Å². The van der Waals surface area contributed by atoms with Crippen LogP contribution in [-0.4, -0.2) is 32.2 Å². The largest absolute Gasteiger partial charge is 0.481 e. The van der Waals surface area contributed by atoms with Gasteiger partial charge in [-0.05, 0) is 30.9 Å². The number of nitrogens with one attached hydrogen (secondary N) is 1. The average Bonchev–Trinajstić information content (AvgIpc) is 2.96. The predicted molar refractivity (Wildman–Crippen MR) is 95.3 cm³/mol. The van der Waals surface area contributed by atoms with Crippen LogP contribution >= 0.6 is 11.3 Å². The Morgan fingerprint density at radius 3 is 3.00 bits per heavy atom. The Morgan fingerprint density at radius 1 is 1.32 bits per heavy atom. The van der Waals surface area contributed by atoms with Crippen LogP contribution in [0, 0.1) is 5.92 Å². The minimum absolute atomic E-state index is 0.304. The second-order valence-electron chi connectivity index (χ2n) is 6.20. The first kappa shape index (κ1) is 14.5. The van der Waals surface area contributed by atoms with Crippen LogP contribution in [0.4, 0.5) is 17.3 Å². The van der Waals surface area contributed by atoms with Crippen molar-refractivity contribution >= 4 is 51.1 Å². The van der Waals surface area contributed by atoms with Gasteiger partial charge in [-0.25, -0.2) is 19.9 Å². The first-order chi connectivity index (χ1) is 12.2. The lowest BCUT2D eigenvalue weighted by atomic mass is 9.88. The quantitative estimate of drug-likeness (QED) is 0.588. The number of anilines is 2. The first-order valence-electron chi connectivity index (χ1n) is 7.98. The molecule has 1 aliphatic heterocycles. The monoisotopic (exact) mass is 351 g/mol. The molecule has 3 aromatic heterocycles. The number of hydrogen-bond acceptors (Lipinski definition) is 7. The molecule has 5 rings (SSSR count). The molecule has 1 unspecified atom stereocenters. The number of aromatic nitrogens is 3. The van der Waals surface area contributed by atoms with Crippen molar-refractivity contribution in [2.24, 2.45) is 10.9 Å². The van der Waals surface area contributed by atoms with Crippen molar-refractivity contribution in [2.75, 3.05) is 5.32 Å². The van der Waals surface area contributed by atoms with Crippen molar-refractivity contribution in [3.8, 4) is 0 Å². The number of nitrogens with zero attached hydrogens (tertiary/aromatic N) is 4. The highest BCUT2D eigenvalue weighted by Gasteiger charge is 2.28. The lowest BCUT2D eigenvalue weighted by Crippen LogP contribution is -2.21. The van der Waals surface area contributed by atoms with Crippen LogP contribution in [0.25, 0.3) is 10.2 Å². The maximum Gasteiger partial charge on any atom is 0.306 e. The van der Waals surface area contributed by atoms with Crippen LogP contribution in [0.15, 0.2) is 23.6 Å². The van der Waals surface area contributed by atoms with E-state index in [4.69, 9.17) is 0 Å². The van der Waals surface area contributed by atoms with Gasteiger partial charge in [0.2, 0.25) is 0 Å². The highest BCUT2D eigenvalue weighted by Crippen LogP contribution is 2.40. The highest BCUT2D eigenvalue weighted by atomic mass is 32.1. The van der Waals surface area contributed by atoms with Gasteiger partial charge in [-0.15, -0.1) is 11.3 Å². The van der Waals surface area contributed by atoms with Crippen molar-refractivity contribution in [1.82, 2.24) is 15.0 Å². The molecule has 0 fully saturated rings. The van der Waals surface area contributed by atoms with Crippen molar-refractivity contribution in [3.63, 3.8) is 0 Å². The molecular weight excluding hydrogens is 338 g/mol. The fourth-order valence-electron chi connectivity index (χ4n) is 3.36. The molecule has 2 aliphatic rings. The van der Waals surface area contributed by atoms with E-state index in [1.807, 2.05) is 6.07 Å². The minimum Gasteiger partial charge on any atom is -0.481 e. The van der Waals surface area contributed by atoms with E-state index >= 15 is 0 Å². The van der Waals surface area contributed by atoms with E-state index in [9.17, 15) is 9.90 Å². The minimum atomic E-state index is -0.720. The van der Waals surface area contributed by atoms with E-state index in [0.29, 0.717) is 12.8 Å². The summed E-state index contributed by atoms with van der Waals surface area (Å²) in [7, 11) is 0. The Hall–Kier alpha value is -2.87. The fraction of sp³-hybridized carbons (Fsp3) is 0.235. The Kier molecular flexibility index (Phi) is 3.08. The SMILES string of the molecule is O=C(O)C1CCc2c(sc3ncnc(Nc4cnc5c(c4)C=N5)c23)C1. The molecule has 124 valence electrons. The molecule has 1 aliphatic carbocycles. The Morgan fingerprint density at radius 2 is 2.24 bits per heavy atom. The molecule has 4 heterocycles. The van der Waals surface area contributed by atoms with Gasteiger partial charge in [-0.3, -0.25) is 4.79 Å². The summed E-state index contributed by atoms with van der Waals surface area (Å²) in [5, 5.41) is 13.6. The molecule has 0 bridgehead atoms. The van der Waals surface area contributed by atoms with Gasteiger partial charge in [0.15, 0.2) is 5.82 Å². The summed E-state index contributed by atoms with van der Waals surface area (Å²) < 4.78 is 0. The second-order valence-corrected chi connectivity index (χ2v) is 7.29. The summed E-state index contributed by atoms with van der Waals surface area (Å²) in [6.07, 6.45) is 7.02. The number of aliphatic imine (C=N–C) groups is 1. The fourth-order valence-corrected chi connectivity index (χ4v) is 4.63. The third kappa shape index (κ3) is 2.29. The molecule has 8 heteroatoms. The van der Waals surface area contributed by atoms with Crippen molar-refractivity contribution < 1.29 is 9.90 Å². The Bertz CT molecular complexity index is 1060. The van der Waals surface area contributed by atoms with E-state index in [-0.39, 0.29) is 5.92 Å². The molecule has 25 heavy (non-hydrogen) atoms. The second kappa shape index (κ2) is 5.32. The molecule has 0 saturated heterocycles. The number of fused-ring (bicyclic) bond motifs is 4. The van der Waals surface area contributed by atoms with Gasteiger partial charge >= 0.3 is 5.97 Å². The van der Waals surface area contributed by atoms with Crippen LogP contribution in [0.3, 0.4) is 0 Å². The molecular formula is C17H13N5O2S. The van der Waals surface area contributed by atoms with E-state index in [0.717, 1.165) is 44.4 Å². The number of rotatable bonds is 3. The van der Waals surface area contributed by atoms with Crippen LogP contribution in [0.2, 0.25) is 0 Å². The molecule has 0 aromatic carbocycles. The number of carboxylic acids is 1. The summed E-state index contributed by atoms with van der Waals surface area (Å²) in [4.78, 5) is 30.4. The van der Waals surface area contributed by atoms with Crippen molar-refractivity contribution in [2.45, 2.75) is 19.3 Å². The summed E-state index contributed by atoms with van der Waals surface area (Å²) >= 11 is 1.57. The number of carbonyl (C=O) groups is 1. The Balaban J connectivity index is 1.55. The third-order valence-corrected chi connectivity index (χ3v) is 5.84. The van der Waals surface area contributed by atoms with E-state index < -0.39 is 5.97 Å². The normalized spacial score (nSPS) is 17.7. The topological polar surface area (TPSA) is 100 Å². The zero-order valence-electron chi connectivity index (χ0n) is 13.1. The maximum atomic E-state index is 11.3. The maximum absolute atomic E-state index is 11.3. The van der Waals surface area contributed by atoms with E-state index in [1.165, 1.54) is 11.9 Å². The summed E-state index contributed by atoms with van der Waals surface area (Å²) in [5.74, 6) is 0.476. The van der Waals surface area contributed by atoms with E-state index in [2.05, 4.69) is 25.3 Å². The van der Waals surface area contributed by atoms with Crippen molar-refractivity contribution in [3.05, 3.63) is 34.6 Å². The smallest absolute Gasteiger partial charge is 0.306 e. The van der Waals surface area contributed by atoms with E-state index in [1.54, 1.807) is 23.7 Å². The molecule has 0 spiro atoms. The summed E-state index contributed by atoms with van der Waals surface area (Å²) in [5.41, 5.74) is 3.04. The van der Waals surface area contributed by atoms with Gasteiger partial charge in [-0.1, -0.05) is 0 Å². The Labute approximate surface area is 146 Å². The molecule has 0 saturated carbocycles. The third-order valence-electron chi connectivity index (χ3n) is 4.68. The molecule has 2 N–H and O–H groups in total. The molecule has 0 amide bonds. The number of pyridine rings is 1. The lowest BCUT2D eigenvalue weighted by molar-refractivity contribution is -0.142. The number of hydrogen-bond donors (Lipinski definition) is 2. The number of carboxylic acid groups (broad SMARTS) is 1. The average molecular weight is 351 g/mol. The molecule has 0 radical (unpaired) electrons. The van der Waals surface area contributed by atoms with Crippen LogP contribution < -0.4 is 5.32 Å². The van der Waals surface area contributed by atoms with Crippen LogP contribution in [-0.2, 0) is 17.6 Å². The van der Waals surface area contributed by atoms with Gasteiger partial charge in [0.05, 0.1) is 23.2 Å². The first-order valence-corrected chi connectivity index (χ1v) is 8.80.